The fraction of sp³-hybridized carbons (Fsp3) is 0.529. The zero-order chi connectivity index (χ0) is 15.8. The molecule has 4 heteroatoms. The minimum atomic E-state index is -0.295. The molecule has 1 heterocycles. The normalized spacial score (nSPS) is 13.3. The van der Waals surface area contributed by atoms with E-state index in [2.05, 4.69) is 23.1 Å². The summed E-state index contributed by atoms with van der Waals surface area (Å²) in [4.78, 5) is 16.3. The van der Waals surface area contributed by atoms with Gasteiger partial charge >= 0.3 is 0 Å². The van der Waals surface area contributed by atoms with Crippen molar-refractivity contribution in [2.24, 2.45) is 11.7 Å². The lowest BCUT2D eigenvalue weighted by Crippen LogP contribution is -2.32. The van der Waals surface area contributed by atoms with Crippen molar-refractivity contribution in [1.82, 2.24) is 10.3 Å². The third-order valence-electron chi connectivity index (χ3n) is 3.59. The number of hydrogen-bond donors (Lipinski definition) is 2. The molecule has 0 aliphatic rings. The molecule has 0 saturated heterocycles. The molecule has 0 saturated carbocycles. The first-order valence-corrected chi connectivity index (χ1v) is 7.41. The number of rotatable bonds is 7. The molecule has 21 heavy (non-hydrogen) atoms. The Bertz CT molecular complexity index is 519. The minimum absolute atomic E-state index is 0.230. The van der Waals surface area contributed by atoms with E-state index in [0.29, 0.717) is 11.6 Å². The van der Waals surface area contributed by atoms with Gasteiger partial charge in [-0.1, -0.05) is 18.9 Å². The molecule has 0 fully saturated rings. The number of nitrogens with zero attached hydrogens (tertiary/aromatic N) is 1. The SMILES string of the molecule is C#CC(C)NC(=O)c1ccc(CCC(C)CCN)c(C)n1. The average Bonchev–Trinajstić information content (AvgIpc) is 2.46. The Morgan fingerprint density at radius 2 is 2.14 bits per heavy atom. The Morgan fingerprint density at radius 1 is 1.43 bits per heavy atom. The van der Waals surface area contributed by atoms with E-state index in [4.69, 9.17) is 12.2 Å². The minimum Gasteiger partial charge on any atom is -0.337 e. The van der Waals surface area contributed by atoms with Gasteiger partial charge in [-0.15, -0.1) is 6.42 Å². The summed E-state index contributed by atoms with van der Waals surface area (Å²) in [6, 6.07) is 3.44. The predicted molar refractivity (Wildman–Crippen MR) is 85.9 cm³/mol. The van der Waals surface area contributed by atoms with Crippen LogP contribution in [0.25, 0.3) is 0 Å². The monoisotopic (exact) mass is 287 g/mol. The van der Waals surface area contributed by atoms with E-state index in [1.54, 1.807) is 13.0 Å². The van der Waals surface area contributed by atoms with E-state index in [1.807, 2.05) is 13.0 Å². The van der Waals surface area contributed by atoms with Gasteiger partial charge in [-0.3, -0.25) is 4.79 Å². The largest absolute Gasteiger partial charge is 0.337 e. The second-order valence-corrected chi connectivity index (χ2v) is 5.52. The number of carbonyl (C=O) groups is 1. The molecule has 114 valence electrons. The molecule has 3 N–H and O–H groups in total. The van der Waals surface area contributed by atoms with Crippen LogP contribution in [-0.4, -0.2) is 23.5 Å². The summed E-state index contributed by atoms with van der Waals surface area (Å²) in [5.41, 5.74) is 8.05. The Labute approximate surface area is 127 Å². The van der Waals surface area contributed by atoms with Gasteiger partial charge in [0.2, 0.25) is 0 Å². The topological polar surface area (TPSA) is 68.0 Å². The van der Waals surface area contributed by atoms with Crippen LogP contribution < -0.4 is 11.1 Å². The highest BCUT2D eigenvalue weighted by atomic mass is 16.1. The van der Waals surface area contributed by atoms with Crippen molar-refractivity contribution in [3.8, 4) is 12.3 Å². The van der Waals surface area contributed by atoms with Crippen LogP contribution in [-0.2, 0) is 6.42 Å². The van der Waals surface area contributed by atoms with E-state index in [0.717, 1.165) is 31.5 Å². The van der Waals surface area contributed by atoms with Crippen LogP contribution in [0.1, 0.15) is 48.4 Å². The maximum absolute atomic E-state index is 11.9. The highest BCUT2D eigenvalue weighted by Gasteiger charge is 2.11. The molecule has 1 aromatic rings. The van der Waals surface area contributed by atoms with Gasteiger partial charge in [0.1, 0.15) is 5.69 Å². The molecule has 2 unspecified atom stereocenters. The molecule has 1 aromatic heterocycles. The van der Waals surface area contributed by atoms with Crippen molar-refractivity contribution in [2.45, 2.75) is 46.1 Å². The van der Waals surface area contributed by atoms with Gasteiger partial charge in [0.25, 0.3) is 5.91 Å². The lowest BCUT2D eigenvalue weighted by molar-refractivity contribution is 0.0943. The van der Waals surface area contributed by atoms with Gasteiger partial charge < -0.3 is 11.1 Å². The van der Waals surface area contributed by atoms with Gasteiger partial charge in [-0.25, -0.2) is 4.98 Å². The van der Waals surface area contributed by atoms with E-state index in [9.17, 15) is 4.79 Å². The number of pyridine rings is 1. The molecule has 1 rings (SSSR count). The maximum atomic E-state index is 11.9. The number of nitrogens with two attached hydrogens (primary N) is 1. The highest BCUT2D eigenvalue weighted by Crippen LogP contribution is 2.15. The number of terminal acetylenes is 1. The molecule has 0 aliphatic carbocycles. The number of amides is 1. The zero-order valence-corrected chi connectivity index (χ0v) is 13.1. The van der Waals surface area contributed by atoms with Crippen molar-refractivity contribution in [3.05, 3.63) is 29.1 Å². The van der Waals surface area contributed by atoms with Gasteiger partial charge in [0, 0.05) is 5.69 Å². The van der Waals surface area contributed by atoms with Crippen molar-refractivity contribution >= 4 is 5.91 Å². The van der Waals surface area contributed by atoms with E-state index < -0.39 is 0 Å². The molecular formula is C17H25N3O. The summed E-state index contributed by atoms with van der Waals surface area (Å²) in [5.74, 6) is 2.84. The van der Waals surface area contributed by atoms with Gasteiger partial charge in [-0.2, -0.15) is 0 Å². The third-order valence-corrected chi connectivity index (χ3v) is 3.59. The summed E-state index contributed by atoms with van der Waals surface area (Å²) in [6.45, 7) is 6.63. The molecule has 0 aromatic carbocycles. The number of nitrogens with one attached hydrogen (secondary N) is 1. The summed E-state index contributed by atoms with van der Waals surface area (Å²) in [6.07, 6.45) is 8.33. The van der Waals surface area contributed by atoms with Gasteiger partial charge in [0.05, 0.1) is 6.04 Å². The van der Waals surface area contributed by atoms with Crippen LogP contribution in [0.5, 0.6) is 0 Å². The van der Waals surface area contributed by atoms with Crippen molar-refractivity contribution in [2.75, 3.05) is 6.54 Å². The standard InChI is InChI=1S/C17H25N3O/c1-5-13(3)19-17(21)16-9-8-15(14(4)20-16)7-6-12(2)10-11-18/h1,8-9,12-13H,6-7,10-11,18H2,2-4H3,(H,19,21). The first kappa shape index (κ1) is 17.2. The summed E-state index contributed by atoms with van der Waals surface area (Å²) < 4.78 is 0. The molecule has 0 bridgehead atoms. The summed E-state index contributed by atoms with van der Waals surface area (Å²) in [5, 5.41) is 2.71. The van der Waals surface area contributed by atoms with Gasteiger partial charge in [-0.05, 0) is 57.2 Å². The summed E-state index contributed by atoms with van der Waals surface area (Å²) >= 11 is 0. The fourth-order valence-electron chi connectivity index (χ4n) is 2.12. The number of hydrogen-bond acceptors (Lipinski definition) is 3. The van der Waals surface area contributed by atoms with Crippen LogP contribution in [0.15, 0.2) is 12.1 Å². The lowest BCUT2D eigenvalue weighted by Gasteiger charge is -2.12. The van der Waals surface area contributed by atoms with Crippen LogP contribution in [0.3, 0.4) is 0 Å². The first-order valence-electron chi connectivity index (χ1n) is 7.41. The number of aromatic nitrogens is 1. The van der Waals surface area contributed by atoms with Crippen molar-refractivity contribution in [3.63, 3.8) is 0 Å². The quantitative estimate of drug-likeness (QED) is 0.754. The molecule has 1 amide bonds. The van der Waals surface area contributed by atoms with Crippen LogP contribution in [0.4, 0.5) is 0 Å². The number of carbonyl (C=O) groups excluding carboxylic acids is 1. The third kappa shape index (κ3) is 5.57. The van der Waals surface area contributed by atoms with E-state index in [1.165, 1.54) is 5.56 Å². The highest BCUT2D eigenvalue weighted by molar-refractivity contribution is 5.92. The average molecular weight is 287 g/mol. The van der Waals surface area contributed by atoms with Gasteiger partial charge in [0.15, 0.2) is 0 Å². The number of aryl methyl sites for hydroxylation is 2. The Hall–Kier alpha value is -1.86. The molecule has 0 spiro atoms. The van der Waals surface area contributed by atoms with E-state index >= 15 is 0 Å². The maximum Gasteiger partial charge on any atom is 0.270 e. The second-order valence-electron chi connectivity index (χ2n) is 5.52. The second kappa shape index (κ2) is 8.43. The Morgan fingerprint density at radius 3 is 2.71 bits per heavy atom. The van der Waals surface area contributed by atoms with E-state index in [-0.39, 0.29) is 11.9 Å². The molecule has 0 radical (unpaired) electrons. The Balaban J connectivity index is 2.68. The Kier molecular flexibility index (Phi) is 6.90. The predicted octanol–water partition coefficient (Wildman–Crippen LogP) is 2.06. The first-order chi connectivity index (χ1) is 9.97. The van der Waals surface area contributed by atoms with Crippen molar-refractivity contribution in [1.29, 1.82) is 0 Å². The summed E-state index contributed by atoms with van der Waals surface area (Å²) in [7, 11) is 0. The fourth-order valence-corrected chi connectivity index (χ4v) is 2.12. The van der Waals surface area contributed by atoms with Crippen LogP contribution >= 0.6 is 0 Å². The molecule has 2 atom stereocenters. The molecule has 0 aliphatic heterocycles. The van der Waals surface area contributed by atoms with Crippen LogP contribution in [0.2, 0.25) is 0 Å². The smallest absolute Gasteiger partial charge is 0.270 e. The van der Waals surface area contributed by atoms with Crippen LogP contribution in [0, 0.1) is 25.2 Å². The lowest BCUT2D eigenvalue weighted by atomic mass is 9.97. The zero-order valence-electron chi connectivity index (χ0n) is 13.1. The van der Waals surface area contributed by atoms with Crippen molar-refractivity contribution < 1.29 is 4.79 Å². The molecular weight excluding hydrogens is 262 g/mol. The molecule has 4 nitrogen and oxygen atoms in total.